The molecular formula is C25H21ClN4O3. The molecule has 3 rings (SSSR count). The van der Waals surface area contributed by atoms with Crippen LogP contribution in [0.5, 0.6) is 0 Å². The van der Waals surface area contributed by atoms with Gasteiger partial charge in [0.25, 0.3) is 11.8 Å². The topological polar surface area (TPSA) is 105 Å². The molecule has 0 saturated carbocycles. The van der Waals surface area contributed by atoms with Crippen LogP contribution in [-0.2, 0) is 4.79 Å². The van der Waals surface area contributed by atoms with Gasteiger partial charge in [-0.25, -0.2) is 15.8 Å². The number of rotatable bonds is 3. The second-order valence-corrected chi connectivity index (χ2v) is 7.71. The Balaban J connectivity index is 1.84. The summed E-state index contributed by atoms with van der Waals surface area (Å²) in [4.78, 5) is 40.9. The van der Waals surface area contributed by atoms with Gasteiger partial charge in [-0.3, -0.25) is 14.4 Å². The van der Waals surface area contributed by atoms with Crippen molar-refractivity contribution in [2.45, 2.75) is 20.8 Å². The minimum Gasteiger partial charge on any atom is -0.311 e. The minimum atomic E-state index is -0.693. The molecule has 8 heteroatoms. The average molecular weight is 461 g/mol. The van der Waals surface area contributed by atoms with E-state index in [9.17, 15) is 14.4 Å². The third-order valence-electron chi connectivity index (χ3n) is 4.77. The summed E-state index contributed by atoms with van der Waals surface area (Å²) in [5.74, 6) is 10.7. The molecule has 0 aliphatic rings. The monoisotopic (exact) mass is 460 g/mol. The molecule has 0 bridgehead atoms. The van der Waals surface area contributed by atoms with Gasteiger partial charge in [-0.05, 0) is 55.3 Å². The fraction of sp³-hybridized carbons (Fsp3) is 0.120. The molecular weight excluding hydrogens is 440 g/mol. The number of aromatic nitrogens is 1. The maximum Gasteiger partial charge on any atom is 0.276 e. The van der Waals surface area contributed by atoms with Crippen LogP contribution in [-0.4, -0.2) is 27.7 Å². The maximum absolute atomic E-state index is 12.9. The predicted molar refractivity (Wildman–Crippen MR) is 127 cm³/mol. The number of amides is 3. The van der Waals surface area contributed by atoms with Crippen LogP contribution in [0.2, 0.25) is 5.02 Å². The van der Waals surface area contributed by atoms with Gasteiger partial charge in [0.15, 0.2) is 0 Å². The molecule has 3 aromatic rings. The summed E-state index contributed by atoms with van der Waals surface area (Å²) >= 11 is 6.14. The summed E-state index contributed by atoms with van der Waals surface area (Å²) in [6.07, 6.45) is 1.54. The number of hydrogen-bond acceptors (Lipinski definition) is 5. The zero-order valence-electron chi connectivity index (χ0n) is 18.3. The van der Waals surface area contributed by atoms with E-state index in [4.69, 9.17) is 17.4 Å². The highest BCUT2D eigenvalue weighted by Crippen LogP contribution is 2.21. The molecule has 0 aliphatic carbocycles. The first-order valence-electron chi connectivity index (χ1n) is 9.92. The Bertz CT molecular complexity index is 1290. The average Bonchev–Trinajstić information content (AvgIpc) is 2.78. The molecule has 0 fully saturated rings. The highest BCUT2D eigenvalue weighted by atomic mass is 35.5. The van der Waals surface area contributed by atoms with Gasteiger partial charge in [0.2, 0.25) is 5.91 Å². The van der Waals surface area contributed by atoms with Crippen LogP contribution in [0.15, 0.2) is 54.7 Å². The summed E-state index contributed by atoms with van der Waals surface area (Å²) in [6, 6.07) is 13.3. The summed E-state index contributed by atoms with van der Waals surface area (Å²) in [6.45, 7) is 4.97. The lowest BCUT2D eigenvalue weighted by atomic mass is 10.0. The Morgan fingerprint density at radius 2 is 1.76 bits per heavy atom. The molecule has 7 nitrogen and oxygen atoms in total. The van der Waals surface area contributed by atoms with Crippen LogP contribution in [0.4, 0.5) is 5.82 Å². The van der Waals surface area contributed by atoms with Crippen LogP contribution in [0.1, 0.15) is 49.9 Å². The van der Waals surface area contributed by atoms with E-state index < -0.39 is 11.8 Å². The number of hydrazine groups is 1. The number of carbonyl (C=O) groups is 3. The first kappa shape index (κ1) is 23.7. The van der Waals surface area contributed by atoms with Crippen molar-refractivity contribution in [2.24, 2.45) is 5.84 Å². The molecule has 0 spiro atoms. The number of carbonyl (C=O) groups excluding carboxylic acids is 3. The van der Waals surface area contributed by atoms with Gasteiger partial charge in [-0.2, -0.15) is 0 Å². The van der Waals surface area contributed by atoms with Crippen LogP contribution < -0.4 is 11.2 Å². The van der Waals surface area contributed by atoms with Crippen LogP contribution in [0.3, 0.4) is 0 Å². The lowest BCUT2D eigenvalue weighted by Gasteiger charge is -2.17. The maximum atomic E-state index is 12.9. The van der Waals surface area contributed by atoms with E-state index in [-0.39, 0.29) is 22.1 Å². The van der Waals surface area contributed by atoms with E-state index in [2.05, 4.69) is 22.1 Å². The van der Waals surface area contributed by atoms with Crippen molar-refractivity contribution in [1.29, 1.82) is 0 Å². The SMILES string of the molecule is CC(=O)Nc1ccc(C#Cc2cc(C(=O)N(N)C(=O)c3c(C)cccc3Cl)ccc2C)cn1. The molecule has 3 N–H and O–H groups in total. The number of nitrogens with zero attached hydrogens (tertiary/aromatic N) is 2. The van der Waals surface area contributed by atoms with Crippen LogP contribution >= 0.6 is 11.6 Å². The van der Waals surface area contributed by atoms with E-state index in [1.54, 1.807) is 55.5 Å². The fourth-order valence-corrected chi connectivity index (χ4v) is 3.31. The Morgan fingerprint density at radius 3 is 2.39 bits per heavy atom. The third kappa shape index (κ3) is 5.63. The van der Waals surface area contributed by atoms with Crippen molar-refractivity contribution in [2.75, 3.05) is 5.32 Å². The highest BCUT2D eigenvalue weighted by molar-refractivity contribution is 6.34. The smallest absolute Gasteiger partial charge is 0.276 e. The van der Waals surface area contributed by atoms with Gasteiger partial charge in [0.1, 0.15) is 5.82 Å². The molecule has 33 heavy (non-hydrogen) atoms. The lowest BCUT2D eigenvalue weighted by Crippen LogP contribution is -2.43. The Hall–Kier alpha value is -3.99. The normalized spacial score (nSPS) is 10.1. The van der Waals surface area contributed by atoms with Gasteiger partial charge >= 0.3 is 0 Å². The molecule has 0 aliphatic heterocycles. The van der Waals surface area contributed by atoms with E-state index in [1.165, 1.54) is 13.1 Å². The zero-order chi connectivity index (χ0) is 24.1. The van der Waals surface area contributed by atoms with E-state index >= 15 is 0 Å². The van der Waals surface area contributed by atoms with Gasteiger partial charge in [0.05, 0.1) is 10.6 Å². The van der Waals surface area contributed by atoms with Gasteiger partial charge in [0, 0.05) is 29.8 Å². The number of aryl methyl sites for hydroxylation is 2. The first-order valence-corrected chi connectivity index (χ1v) is 10.3. The van der Waals surface area contributed by atoms with E-state index in [0.29, 0.717) is 27.5 Å². The number of nitrogens with two attached hydrogens (primary N) is 1. The fourth-order valence-electron chi connectivity index (χ4n) is 3.01. The highest BCUT2D eigenvalue weighted by Gasteiger charge is 2.24. The van der Waals surface area contributed by atoms with Gasteiger partial charge < -0.3 is 5.32 Å². The van der Waals surface area contributed by atoms with Crippen molar-refractivity contribution in [3.8, 4) is 11.8 Å². The molecule has 0 unspecified atom stereocenters. The van der Waals surface area contributed by atoms with E-state index in [1.807, 2.05) is 6.92 Å². The van der Waals surface area contributed by atoms with Crippen molar-refractivity contribution in [3.05, 3.63) is 93.1 Å². The second kappa shape index (κ2) is 10.1. The third-order valence-corrected chi connectivity index (χ3v) is 5.08. The number of halogens is 1. The molecule has 166 valence electrons. The Labute approximate surface area is 196 Å². The quantitative estimate of drug-likeness (QED) is 0.203. The number of pyridine rings is 1. The molecule has 1 aromatic heterocycles. The van der Waals surface area contributed by atoms with Crippen LogP contribution in [0, 0.1) is 25.7 Å². The summed E-state index contributed by atoms with van der Waals surface area (Å²) in [5.41, 5.74) is 3.08. The van der Waals surface area contributed by atoms with Crippen molar-refractivity contribution in [3.63, 3.8) is 0 Å². The second-order valence-electron chi connectivity index (χ2n) is 7.31. The predicted octanol–water partition coefficient (Wildman–Crippen LogP) is 3.87. The standard InChI is InChI=1S/C25H21ClN4O3/c1-15-7-10-20(24(32)30(27)25(33)23-16(2)5-4-6-21(23)26)13-19(15)11-8-18-9-12-22(28-14-18)29-17(3)31/h4-7,9-10,12-14H,27H2,1-3H3,(H,28,29,31). The largest absolute Gasteiger partial charge is 0.311 e. The number of hydrogen-bond donors (Lipinski definition) is 2. The number of anilines is 1. The van der Waals surface area contributed by atoms with Crippen molar-refractivity contribution in [1.82, 2.24) is 9.99 Å². The molecule has 0 saturated heterocycles. The number of nitrogens with one attached hydrogen (secondary N) is 1. The summed E-state index contributed by atoms with van der Waals surface area (Å²) in [5, 5.41) is 3.36. The first-order chi connectivity index (χ1) is 15.7. The molecule has 0 atom stereocenters. The zero-order valence-corrected chi connectivity index (χ0v) is 19.0. The minimum absolute atomic E-state index is 0.178. The molecule has 3 amide bonds. The number of imide groups is 1. The van der Waals surface area contributed by atoms with Gasteiger partial charge in [-0.1, -0.05) is 41.6 Å². The Kier molecular flexibility index (Phi) is 7.23. The van der Waals surface area contributed by atoms with E-state index in [0.717, 1.165) is 5.56 Å². The van der Waals surface area contributed by atoms with Crippen LogP contribution in [0.25, 0.3) is 0 Å². The molecule has 1 heterocycles. The lowest BCUT2D eigenvalue weighted by molar-refractivity contribution is -0.114. The molecule has 2 aromatic carbocycles. The summed E-state index contributed by atoms with van der Waals surface area (Å²) in [7, 11) is 0. The molecule has 0 radical (unpaired) electrons. The Morgan fingerprint density at radius 1 is 1.00 bits per heavy atom. The number of benzene rings is 2. The van der Waals surface area contributed by atoms with Gasteiger partial charge in [-0.15, -0.1) is 0 Å². The summed E-state index contributed by atoms with van der Waals surface area (Å²) < 4.78 is 0. The van der Waals surface area contributed by atoms with Crippen molar-refractivity contribution < 1.29 is 14.4 Å². The van der Waals surface area contributed by atoms with Crippen molar-refractivity contribution >= 4 is 35.1 Å².